The van der Waals surface area contributed by atoms with Crippen LogP contribution in [0.2, 0.25) is 0 Å². The van der Waals surface area contributed by atoms with Crippen LogP contribution >= 0.6 is 11.8 Å². The van der Waals surface area contributed by atoms with Crippen LogP contribution in [0.5, 0.6) is 5.75 Å². The largest absolute Gasteiger partial charge is 0.435 e. The monoisotopic (exact) mass is 309 g/mol. The van der Waals surface area contributed by atoms with Gasteiger partial charge in [0.25, 0.3) is 0 Å². The van der Waals surface area contributed by atoms with Crippen LogP contribution < -0.4 is 10.1 Å². The third-order valence-electron chi connectivity index (χ3n) is 3.08. The zero-order chi connectivity index (χ0) is 15.2. The quantitative estimate of drug-likeness (QED) is 0.743. The molecule has 1 unspecified atom stereocenters. The second-order valence-electron chi connectivity index (χ2n) is 4.54. The number of hydrogen-bond donors (Lipinski definition) is 1. The number of thioether (sulfide) groups is 1. The number of nitrogens with one attached hydrogen (secondary N) is 1. The fraction of sp³-hybridized carbons (Fsp3) is 0.250. The summed E-state index contributed by atoms with van der Waals surface area (Å²) in [6.45, 7) is -0.771. The number of halogens is 2. The van der Waals surface area contributed by atoms with Gasteiger partial charge >= 0.3 is 6.61 Å². The van der Waals surface area contributed by atoms with Crippen LogP contribution in [-0.4, -0.2) is 12.9 Å². The molecule has 2 aromatic rings. The summed E-state index contributed by atoms with van der Waals surface area (Å²) in [7, 11) is 0. The van der Waals surface area contributed by atoms with Gasteiger partial charge in [0, 0.05) is 16.6 Å². The molecular formula is C16H17F2NOS. The molecule has 2 nitrogen and oxygen atoms in total. The van der Waals surface area contributed by atoms with E-state index in [1.54, 1.807) is 36.0 Å². The van der Waals surface area contributed by atoms with Crippen molar-refractivity contribution in [2.45, 2.75) is 24.5 Å². The lowest BCUT2D eigenvalue weighted by Gasteiger charge is -2.16. The van der Waals surface area contributed by atoms with Crippen molar-refractivity contribution < 1.29 is 13.5 Å². The van der Waals surface area contributed by atoms with Gasteiger partial charge in [0.05, 0.1) is 0 Å². The second-order valence-corrected chi connectivity index (χ2v) is 5.42. The number of hydrogen-bond acceptors (Lipinski definition) is 3. The molecule has 0 fully saturated rings. The zero-order valence-corrected chi connectivity index (χ0v) is 12.7. The Balaban J connectivity index is 2.00. The highest BCUT2D eigenvalue weighted by molar-refractivity contribution is 7.98. The van der Waals surface area contributed by atoms with Gasteiger partial charge in [0.15, 0.2) is 0 Å². The lowest BCUT2D eigenvalue weighted by molar-refractivity contribution is -0.0498. The number of benzene rings is 2. The molecule has 1 atom stereocenters. The van der Waals surface area contributed by atoms with Crippen LogP contribution in [0.15, 0.2) is 53.4 Å². The molecule has 0 aliphatic heterocycles. The highest BCUT2D eigenvalue weighted by Gasteiger charge is 2.08. The van der Waals surface area contributed by atoms with Gasteiger partial charge < -0.3 is 10.1 Å². The normalized spacial score (nSPS) is 12.2. The second kappa shape index (κ2) is 7.31. The molecule has 1 N–H and O–H groups in total. The van der Waals surface area contributed by atoms with Gasteiger partial charge in [-0.05, 0) is 55.1 Å². The lowest BCUT2D eigenvalue weighted by Crippen LogP contribution is -2.07. The van der Waals surface area contributed by atoms with Gasteiger partial charge in [0.2, 0.25) is 0 Å². The molecule has 0 aromatic heterocycles. The Bertz CT molecular complexity index is 557. The van der Waals surface area contributed by atoms with Crippen LogP contribution in [0.25, 0.3) is 0 Å². The summed E-state index contributed by atoms with van der Waals surface area (Å²) in [4.78, 5) is 1.21. The first kappa shape index (κ1) is 15.6. The Kier molecular flexibility index (Phi) is 5.44. The third kappa shape index (κ3) is 4.63. The first-order chi connectivity index (χ1) is 10.1. The molecule has 21 heavy (non-hydrogen) atoms. The van der Waals surface area contributed by atoms with E-state index in [0.29, 0.717) is 0 Å². The number of ether oxygens (including phenoxy) is 1. The SMILES string of the molecule is CSc1ccc(NC(C)c2ccc(OC(F)F)cc2)cc1. The van der Waals surface area contributed by atoms with E-state index in [1.807, 2.05) is 25.3 Å². The molecule has 0 aliphatic rings. The molecule has 0 heterocycles. The first-order valence-electron chi connectivity index (χ1n) is 6.54. The molecular weight excluding hydrogens is 292 g/mol. The van der Waals surface area contributed by atoms with E-state index in [0.717, 1.165) is 11.3 Å². The molecule has 2 rings (SSSR count). The number of alkyl halides is 2. The van der Waals surface area contributed by atoms with Gasteiger partial charge in [-0.3, -0.25) is 0 Å². The van der Waals surface area contributed by atoms with E-state index in [1.165, 1.54) is 4.90 Å². The highest BCUT2D eigenvalue weighted by atomic mass is 32.2. The number of rotatable bonds is 6. The Hall–Kier alpha value is -1.75. The molecule has 0 amide bonds. The molecule has 0 spiro atoms. The van der Waals surface area contributed by atoms with Crippen LogP contribution in [0.3, 0.4) is 0 Å². The summed E-state index contributed by atoms with van der Waals surface area (Å²) < 4.78 is 28.5. The van der Waals surface area contributed by atoms with Crippen molar-refractivity contribution in [2.24, 2.45) is 0 Å². The molecule has 2 aromatic carbocycles. The molecule has 0 radical (unpaired) electrons. The average Bonchev–Trinajstić information content (AvgIpc) is 2.48. The minimum Gasteiger partial charge on any atom is -0.435 e. The van der Waals surface area contributed by atoms with Crippen LogP contribution in [0, 0.1) is 0 Å². The van der Waals surface area contributed by atoms with Crippen molar-refractivity contribution >= 4 is 17.4 Å². The van der Waals surface area contributed by atoms with Crippen molar-refractivity contribution in [1.29, 1.82) is 0 Å². The Morgan fingerprint density at radius 3 is 2.14 bits per heavy atom. The highest BCUT2D eigenvalue weighted by Crippen LogP contribution is 2.24. The van der Waals surface area contributed by atoms with Crippen LogP contribution in [-0.2, 0) is 0 Å². The maximum Gasteiger partial charge on any atom is 0.387 e. The summed E-state index contributed by atoms with van der Waals surface area (Å²) in [5, 5.41) is 3.37. The van der Waals surface area contributed by atoms with E-state index < -0.39 is 6.61 Å². The molecule has 0 bridgehead atoms. The van der Waals surface area contributed by atoms with Crippen molar-refractivity contribution in [3.05, 3.63) is 54.1 Å². The van der Waals surface area contributed by atoms with E-state index in [9.17, 15) is 8.78 Å². The van der Waals surface area contributed by atoms with Crippen LogP contribution in [0.1, 0.15) is 18.5 Å². The van der Waals surface area contributed by atoms with Gasteiger partial charge in [-0.15, -0.1) is 11.8 Å². The molecule has 0 aliphatic carbocycles. The first-order valence-corrected chi connectivity index (χ1v) is 7.76. The zero-order valence-electron chi connectivity index (χ0n) is 11.8. The molecule has 5 heteroatoms. The minimum absolute atomic E-state index is 0.0747. The van der Waals surface area contributed by atoms with Crippen molar-refractivity contribution in [3.8, 4) is 5.75 Å². The van der Waals surface area contributed by atoms with Crippen molar-refractivity contribution in [2.75, 3.05) is 11.6 Å². The third-order valence-corrected chi connectivity index (χ3v) is 3.82. The number of anilines is 1. The predicted molar refractivity (Wildman–Crippen MR) is 83.3 cm³/mol. The maximum atomic E-state index is 12.1. The standard InChI is InChI=1S/C16H17F2NOS/c1-11(19-13-5-9-15(21-2)10-6-13)12-3-7-14(8-4-12)20-16(17)18/h3-11,16,19H,1-2H3. The average molecular weight is 309 g/mol. The van der Waals surface area contributed by atoms with E-state index >= 15 is 0 Å². The smallest absolute Gasteiger partial charge is 0.387 e. The Labute approximate surface area is 127 Å². The van der Waals surface area contributed by atoms with Crippen LogP contribution in [0.4, 0.5) is 14.5 Å². The van der Waals surface area contributed by atoms with E-state index in [-0.39, 0.29) is 11.8 Å². The Morgan fingerprint density at radius 2 is 1.62 bits per heavy atom. The summed E-state index contributed by atoms with van der Waals surface area (Å²) in [6, 6.07) is 14.9. The molecule has 112 valence electrons. The van der Waals surface area contributed by atoms with E-state index in [4.69, 9.17) is 0 Å². The van der Waals surface area contributed by atoms with Crippen molar-refractivity contribution in [3.63, 3.8) is 0 Å². The minimum atomic E-state index is -2.79. The predicted octanol–water partition coefficient (Wildman–Crippen LogP) is 5.18. The molecule has 0 saturated heterocycles. The fourth-order valence-corrected chi connectivity index (χ4v) is 2.37. The molecule has 0 saturated carbocycles. The van der Waals surface area contributed by atoms with Gasteiger partial charge in [-0.2, -0.15) is 8.78 Å². The summed E-state index contributed by atoms with van der Waals surface area (Å²) >= 11 is 1.70. The summed E-state index contributed by atoms with van der Waals surface area (Å²) in [6.07, 6.45) is 2.04. The van der Waals surface area contributed by atoms with Crippen molar-refractivity contribution in [1.82, 2.24) is 0 Å². The van der Waals surface area contributed by atoms with E-state index in [2.05, 4.69) is 22.2 Å². The van der Waals surface area contributed by atoms with Gasteiger partial charge in [-0.25, -0.2) is 0 Å². The summed E-state index contributed by atoms with van der Waals surface area (Å²) in [5.74, 6) is 0.172. The van der Waals surface area contributed by atoms with Gasteiger partial charge in [0.1, 0.15) is 5.75 Å². The van der Waals surface area contributed by atoms with Gasteiger partial charge in [-0.1, -0.05) is 12.1 Å². The maximum absolute atomic E-state index is 12.1. The lowest BCUT2D eigenvalue weighted by atomic mass is 10.1. The summed E-state index contributed by atoms with van der Waals surface area (Å²) in [5.41, 5.74) is 2.03. The Morgan fingerprint density at radius 1 is 1.00 bits per heavy atom. The topological polar surface area (TPSA) is 21.3 Å². The fourth-order valence-electron chi connectivity index (χ4n) is 1.96.